The summed E-state index contributed by atoms with van der Waals surface area (Å²) in [6.45, 7) is 0.516. The van der Waals surface area contributed by atoms with Crippen molar-refractivity contribution in [1.82, 2.24) is 0 Å². The average Bonchev–Trinajstić information content (AvgIpc) is 2.47. The molecule has 0 aliphatic carbocycles. The Morgan fingerprint density at radius 2 is 1.60 bits per heavy atom. The molecule has 0 heterocycles. The van der Waals surface area contributed by atoms with Crippen molar-refractivity contribution < 1.29 is 4.79 Å². The molecule has 0 atom stereocenters. The highest BCUT2D eigenvalue weighted by atomic mass is 35.5. The highest BCUT2D eigenvalue weighted by molar-refractivity contribution is 5.90. The summed E-state index contributed by atoms with van der Waals surface area (Å²) < 4.78 is 0. The van der Waals surface area contributed by atoms with Gasteiger partial charge < -0.3 is 11.1 Å². The van der Waals surface area contributed by atoms with Crippen molar-refractivity contribution in [1.29, 1.82) is 0 Å². The first kappa shape index (κ1) is 16.2. The van der Waals surface area contributed by atoms with Crippen LogP contribution >= 0.6 is 12.4 Å². The minimum Gasteiger partial charge on any atom is -0.326 e. The smallest absolute Gasteiger partial charge is 0.224 e. The van der Waals surface area contributed by atoms with Gasteiger partial charge in [-0.3, -0.25) is 4.79 Å². The predicted octanol–water partition coefficient (Wildman–Crippen LogP) is 3.14. The van der Waals surface area contributed by atoms with Crippen LogP contribution in [0.25, 0.3) is 0 Å². The Morgan fingerprint density at radius 1 is 0.950 bits per heavy atom. The second-order valence-corrected chi connectivity index (χ2v) is 4.43. The van der Waals surface area contributed by atoms with E-state index in [4.69, 9.17) is 5.73 Å². The van der Waals surface area contributed by atoms with Crippen LogP contribution in [0.3, 0.4) is 0 Å². The van der Waals surface area contributed by atoms with E-state index < -0.39 is 0 Å². The molecule has 0 saturated heterocycles. The van der Waals surface area contributed by atoms with Crippen LogP contribution in [0.15, 0.2) is 54.6 Å². The van der Waals surface area contributed by atoms with Gasteiger partial charge in [-0.05, 0) is 29.7 Å². The summed E-state index contributed by atoms with van der Waals surface area (Å²) in [6, 6.07) is 17.6. The fourth-order valence-corrected chi connectivity index (χ4v) is 1.85. The summed E-state index contributed by atoms with van der Waals surface area (Å²) in [6.07, 6.45) is 1.25. The zero-order valence-electron chi connectivity index (χ0n) is 11.2. The van der Waals surface area contributed by atoms with Crippen LogP contribution in [0.2, 0.25) is 0 Å². The molecule has 0 aliphatic rings. The standard InChI is InChI=1S/C16H18N2O.ClH/c17-12-14-6-9-15(10-7-14)18-16(19)11-8-13-4-2-1-3-5-13;/h1-7,9-10H,8,11-12,17H2,(H,18,19);1H. The number of anilines is 1. The van der Waals surface area contributed by atoms with E-state index in [0.29, 0.717) is 13.0 Å². The Balaban J connectivity index is 0.00000200. The molecule has 4 heteroatoms. The van der Waals surface area contributed by atoms with Gasteiger partial charge in [0.05, 0.1) is 0 Å². The van der Waals surface area contributed by atoms with E-state index in [2.05, 4.69) is 5.32 Å². The molecule has 0 fully saturated rings. The van der Waals surface area contributed by atoms with E-state index >= 15 is 0 Å². The average molecular weight is 291 g/mol. The number of nitrogens with one attached hydrogen (secondary N) is 1. The van der Waals surface area contributed by atoms with Crippen molar-refractivity contribution in [3.63, 3.8) is 0 Å². The lowest BCUT2D eigenvalue weighted by Gasteiger charge is -2.06. The van der Waals surface area contributed by atoms with Crippen molar-refractivity contribution in [3.8, 4) is 0 Å². The van der Waals surface area contributed by atoms with Gasteiger partial charge >= 0.3 is 0 Å². The minimum absolute atomic E-state index is 0. The molecule has 3 nitrogen and oxygen atoms in total. The van der Waals surface area contributed by atoms with Crippen molar-refractivity contribution in [3.05, 3.63) is 65.7 Å². The van der Waals surface area contributed by atoms with Crippen molar-refractivity contribution in [2.75, 3.05) is 5.32 Å². The number of aryl methyl sites for hydroxylation is 1. The SMILES string of the molecule is Cl.NCc1ccc(NC(=O)CCc2ccccc2)cc1. The fraction of sp³-hybridized carbons (Fsp3) is 0.188. The third-order valence-corrected chi connectivity index (χ3v) is 2.96. The van der Waals surface area contributed by atoms with Crippen molar-refractivity contribution in [2.24, 2.45) is 5.73 Å². The number of amides is 1. The van der Waals surface area contributed by atoms with E-state index in [1.165, 1.54) is 5.56 Å². The lowest BCUT2D eigenvalue weighted by atomic mass is 10.1. The summed E-state index contributed by atoms with van der Waals surface area (Å²) in [4.78, 5) is 11.8. The van der Waals surface area contributed by atoms with Gasteiger partial charge in [-0.1, -0.05) is 42.5 Å². The third-order valence-electron chi connectivity index (χ3n) is 2.96. The second kappa shape index (κ2) is 8.35. The number of hydrogen-bond acceptors (Lipinski definition) is 2. The van der Waals surface area contributed by atoms with E-state index in [-0.39, 0.29) is 18.3 Å². The Labute approximate surface area is 125 Å². The molecule has 3 N–H and O–H groups in total. The first-order chi connectivity index (χ1) is 9.28. The Morgan fingerprint density at radius 3 is 2.20 bits per heavy atom. The largest absolute Gasteiger partial charge is 0.326 e. The molecule has 0 unspecified atom stereocenters. The highest BCUT2D eigenvalue weighted by Gasteiger charge is 2.03. The molecule has 106 valence electrons. The first-order valence-electron chi connectivity index (χ1n) is 6.41. The van der Waals surface area contributed by atoms with Gasteiger partial charge in [-0.2, -0.15) is 0 Å². The summed E-state index contributed by atoms with van der Waals surface area (Å²) >= 11 is 0. The molecule has 2 aromatic carbocycles. The van der Waals surface area contributed by atoms with Crippen LogP contribution in [-0.4, -0.2) is 5.91 Å². The monoisotopic (exact) mass is 290 g/mol. The number of benzene rings is 2. The molecular weight excluding hydrogens is 272 g/mol. The normalized spacial score (nSPS) is 9.65. The molecule has 0 aliphatic heterocycles. The van der Waals surface area contributed by atoms with E-state index in [0.717, 1.165) is 17.7 Å². The summed E-state index contributed by atoms with van der Waals surface area (Å²) in [5, 5.41) is 2.88. The summed E-state index contributed by atoms with van der Waals surface area (Å²) in [5.74, 6) is 0.0318. The molecule has 0 saturated carbocycles. The quantitative estimate of drug-likeness (QED) is 0.889. The molecular formula is C16H19ClN2O. The van der Waals surface area contributed by atoms with Crippen LogP contribution in [0, 0.1) is 0 Å². The number of carbonyl (C=O) groups excluding carboxylic acids is 1. The second-order valence-electron chi connectivity index (χ2n) is 4.43. The molecule has 2 aromatic rings. The molecule has 2 rings (SSSR count). The molecule has 20 heavy (non-hydrogen) atoms. The third kappa shape index (κ3) is 5.03. The van der Waals surface area contributed by atoms with Gasteiger partial charge in [0.25, 0.3) is 0 Å². The first-order valence-corrected chi connectivity index (χ1v) is 6.41. The number of halogens is 1. The lowest BCUT2D eigenvalue weighted by Crippen LogP contribution is -2.12. The predicted molar refractivity (Wildman–Crippen MR) is 85.0 cm³/mol. The number of rotatable bonds is 5. The molecule has 0 radical (unpaired) electrons. The number of hydrogen-bond donors (Lipinski definition) is 2. The summed E-state index contributed by atoms with van der Waals surface area (Å²) in [5.41, 5.74) is 8.58. The summed E-state index contributed by atoms with van der Waals surface area (Å²) in [7, 11) is 0. The minimum atomic E-state index is 0. The maximum atomic E-state index is 11.8. The molecule has 0 bridgehead atoms. The Kier molecular flexibility index (Phi) is 6.77. The fourth-order valence-electron chi connectivity index (χ4n) is 1.85. The maximum Gasteiger partial charge on any atom is 0.224 e. The zero-order valence-corrected chi connectivity index (χ0v) is 12.0. The maximum absolute atomic E-state index is 11.8. The van der Waals surface area contributed by atoms with Crippen LogP contribution in [-0.2, 0) is 17.8 Å². The Hall–Kier alpha value is -1.84. The van der Waals surface area contributed by atoms with Crippen molar-refractivity contribution in [2.45, 2.75) is 19.4 Å². The topological polar surface area (TPSA) is 55.1 Å². The van der Waals surface area contributed by atoms with Crippen LogP contribution in [0.1, 0.15) is 17.5 Å². The molecule has 0 spiro atoms. The Bertz CT molecular complexity index is 526. The molecule has 0 aromatic heterocycles. The van der Waals surface area contributed by atoms with Gasteiger partial charge in [0.15, 0.2) is 0 Å². The van der Waals surface area contributed by atoms with Gasteiger partial charge in [0.2, 0.25) is 5.91 Å². The van der Waals surface area contributed by atoms with Gasteiger partial charge in [0.1, 0.15) is 0 Å². The number of carbonyl (C=O) groups is 1. The van der Waals surface area contributed by atoms with E-state index in [1.54, 1.807) is 0 Å². The zero-order chi connectivity index (χ0) is 13.5. The van der Waals surface area contributed by atoms with Gasteiger partial charge in [-0.25, -0.2) is 0 Å². The highest BCUT2D eigenvalue weighted by Crippen LogP contribution is 2.10. The van der Waals surface area contributed by atoms with Crippen molar-refractivity contribution >= 4 is 24.0 Å². The lowest BCUT2D eigenvalue weighted by molar-refractivity contribution is -0.116. The number of nitrogens with two attached hydrogens (primary N) is 1. The van der Waals surface area contributed by atoms with Gasteiger partial charge in [-0.15, -0.1) is 12.4 Å². The molecule has 1 amide bonds. The van der Waals surface area contributed by atoms with E-state index in [9.17, 15) is 4.79 Å². The van der Waals surface area contributed by atoms with Crippen LogP contribution in [0.5, 0.6) is 0 Å². The van der Waals surface area contributed by atoms with Crippen LogP contribution < -0.4 is 11.1 Å². The van der Waals surface area contributed by atoms with E-state index in [1.807, 2.05) is 54.6 Å². The van der Waals surface area contributed by atoms with Crippen LogP contribution in [0.4, 0.5) is 5.69 Å². The van der Waals surface area contributed by atoms with Gasteiger partial charge in [0, 0.05) is 18.7 Å².